The SMILES string of the molecule is CCCCCCC(CCCC)COC(O)NCCNC(=O)CCC. The minimum atomic E-state index is -0.951. The Labute approximate surface area is 148 Å². The predicted octanol–water partition coefficient (Wildman–Crippen LogP) is 3.56. The fourth-order valence-electron chi connectivity index (χ4n) is 2.66. The molecule has 5 nitrogen and oxygen atoms in total. The molecule has 0 aliphatic rings. The number of aliphatic hydroxyl groups excluding tert-OH is 1. The van der Waals surface area contributed by atoms with Crippen molar-refractivity contribution in [1.82, 2.24) is 10.6 Å². The van der Waals surface area contributed by atoms with Crippen LogP contribution in [0.5, 0.6) is 0 Å². The van der Waals surface area contributed by atoms with Gasteiger partial charge in [-0.1, -0.05) is 59.3 Å². The maximum atomic E-state index is 11.3. The van der Waals surface area contributed by atoms with E-state index in [1.54, 1.807) is 0 Å². The van der Waals surface area contributed by atoms with Crippen molar-refractivity contribution in [3.8, 4) is 0 Å². The Morgan fingerprint density at radius 2 is 1.67 bits per heavy atom. The van der Waals surface area contributed by atoms with E-state index in [0.717, 1.165) is 6.42 Å². The Morgan fingerprint density at radius 1 is 0.958 bits per heavy atom. The molecule has 0 bridgehead atoms. The van der Waals surface area contributed by atoms with Crippen molar-refractivity contribution in [1.29, 1.82) is 0 Å². The van der Waals surface area contributed by atoms with Gasteiger partial charge < -0.3 is 15.2 Å². The van der Waals surface area contributed by atoms with E-state index >= 15 is 0 Å². The molecule has 0 aromatic carbocycles. The lowest BCUT2D eigenvalue weighted by molar-refractivity contribution is -0.131. The van der Waals surface area contributed by atoms with Crippen molar-refractivity contribution in [2.45, 2.75) is 91.4 Å². The molecule has 0 saturated carbocycles. The summed E-state index contributed by atoms with van der Waals surface area (Å²) in [5.74, 6) is 0.587. The predicted molar refractivity (Wildman–Crippen MR) is 99.7 cm³/mol. The second-order valence-corrected chi connectivity index (χ2v) is 6.60. The van der Waals surface area contributed by atoms with Crippen LogP contribution in [-0.2, 0) is 9.53 Å². The van der Waals surface area contributed by atoms with Gasteiger partial charge in [-0.25, -0.2) is 0 Å². The van der Waals surface area contributed by atoms with Crippen molar-refractivity contribution in [2.75, 3.05) is 19.7 Å². The standard InChI is InChI=1S/C19H40N2O3/c1-4-7-9-10-13-17(12-8-5-2)16-24-19(23)21-15-14-20-18(22)11-6-3/h17,19,21,23H,4-16H2,1-3H3,(H,20,22). The lowest BCUT2D eigenvalue weighted by Crippen LogP contribution is -2.39. The maximum Gasteiger partial charge on any atom is 0.220 e. The summed E-state index contributed by atoms with van der Waals surface area (Å²) in [5, 5.41) is 15.5. The van der Waals surface area contributed by atoms with Crippen LogP contribution in [0.25, 0.3) is 0 Å². The third kappa shape index (κ3) is 14.9. The maximum absolute atomic E-state index is 11.3. The quantitative estimate of drug-likeness (QED) is 0.279. The summed E-state index contributed by atoms with van der Waals surface area (Å²) in [5.41, 5.74) is 0. The van der Waals surface area contributed by atoms with Gasteiger partial charge in [-0.15, -0.1) is 0 Å². The van der Waals surface area contributed by atoms with Crippen LogP contribution in [0.1, 0.15) is 85.0 Å². The summed E-state index contributed by atoms with van der Waals surface area (Å²) in [6, 6.07) is 0. The molecule has 2 unspecified atom stereocenters. The number of nitrogens with one attached hydrogen (secondary N) is 2. The van der Waals surface area contributed by atoms with E-state index < -0.39 is 6.41 Å². The van der Waals surface area contributed by atoms with E-state index in [4.69, 9.17) is 4.74 Å². The highest BCUT2D eigenvalue weighted by molar-refractivity contribution is 5.75. The zero-order chi connectivity index (χ0) is 18.0. The fourth-order valence-corrected chi connectivity index (χ4v) is 2.66. The lowest BCUT2D eigenvalue weighted by Gasteiger charge is -2.20. The summed E-state index contributed by atoms with van der Waals surface area (Å²) in [6.45, 7) is 8.03. The van der Waals surface area contributed by atoms with Gasteiger partial charge in [0.1, 0.15) is 0 Å². The van der Waals surface area contributed by atoms with Gasteiger partial charge in [0.25, 0.3) is 0 Å². The van der Waals surface area contributed by atoms with Crippen LogP contribution in [0, 0.1) is 5.92 Å². The van der Waals surface area contributed by atoms with Gasteiger partial charge in [0.2, 0.25) is 12.3 Å². The third-order valence-electron chi connectivity index (χ3n) is 4.16. The van der Waals surface area contributed by atoms with Crippen LogP contribution in [0.4, 0.5) is 0 Å². The topological polar surface area (TPSA) is 70.6 Å². The Hall–Kier alpha value is -0.650. The van der Waals surface area contributed by atoms with Crippen LogP contribution in [0.15, 0.2) is 0 Å². The summed E-state index contributed by atoms with van der Waals surface area (Å²) >= 11 is 0. The first-order valence-electron chi connectivity index (χ1n) is 9.93. The molecular weight excluding hydrogens is 304 g/mol. The number of carbonyl (C=O) groups excluding carboxylic acids is 1. The number of ether oxygens (including phenoxy) is 1. The Morgan fingerprint density at radius 3 is 2.33 bits per heavy atom. The molecule has 0 fully saturated rings. The molecule has 0 saturated heterocycles. The van der Waals surface area contributed by atoms with Crippen LogP contribution < -0.4 is 10.6 Å². The summed E-state index contributed by atoms with van der Waals surface area (Å²) in [7, 11) is 0. The van der Waals surface area contributed by atoms with Gasteiger partial charge in [-0.3, -0.25) is 10.1 Å². The molecular formula is C19H40N2O3. The van der Waals surface area contributed by atoms with Gasteiger partial charge in [-0.05, 0) is 25.2 Å². The van der Waals surface area contributed by atoms with Crippen molar-refractivity contribution < 1.29 is 14.6 Å². The van der Waals surface area contributed by atoms with Crippen LogP contribution in [0.3, 0.4) is 0 Å². The lowest BCUT2D eigenvalue weighted by atomic mass is 9.96. The second kappa shape index (κ2) is 17.2. The largest absolute Gasteiger partial charge is 0.356 e. The minimum Gasteiger partial charge on any atom is -0.356 e. The van der Waals surface area contributed by atoms with Crippen molar-refractivity contribution in [3.63, 3.8) is 0 Å². The van der Waals surface area contributed by atoms with E-state index in [1.807, 2.05) is 6.92 Å². The molecule has 144 valence electrons. The first-order chi connectivity index (χ1) is 11.6. The molecule has 0 spiro atoms. The third-order valence-corrected chi connectivity index (χ3v) is 4.16. The van der Waals surface area contributed by atoms with Crippen LogP contribution >= 0.6 is 0 Å². The normalized spacial score (nSPS) is 13.7. The smallest absolute Gasteiger partial charge is 0.220 e. The molecule has 1 amide bonds. The summed E-state index contributed by atoms with van der Waals surface area (Å²) in [6.07, 6.45) is 10.3. The van der Waals surface area contributed by atoms with E-state index in [0.29, 0.717) is 32.0 Å². The van der Waals surface area contributed by atoms with E-state index in [9.17, 15) is 9.90 Å². The first-order valence-corrected chi connectivity index (χ1v) is 9.93. The Bertz CT molecular complexity index is 288. The van der Waals surface area contributed by atoms with Gasteiger partial charge in [0.05, 0.1) is 6.61 Å². The number of rotatable bonds is 17. The summed E-state index contributed by atoms with van der Waals surface area (Å²) in [4.78, 5) is 11.3. The van der Waals surface area contributed by atoms with Crippen molar-refractivity contribution in [2.24, 2.45) is 5.92 Å². The Kier molecular flexibility index (Phi) is 16.7. The Balaban J connectivity index is 3.81. The average molecular weight is 345 g/mol. The van der Waals surface area contributed by atoms with E-state index in [-0.39, 0.29) is 5.91 Å². The highest BCUT2D eigenvalue weighted by Crippen LogP contribution is 2.18. The van der Waals surface area contributed by atoms with Gasteiger partial charge >= 0.3 is 0 Å². The van der Waals surface area contributed by atoms with Crippen molar-refractivity contribution in [3.05, 3.63) is 0 Å². The summed E-state index contributed by atoms with van der Waals surface area (Å²) < 4.78 is 5.54. The fraction of sp³-hybridized carbons (Fsp3) is 0.947. The zero-order valence-corrected chi connectivity index (χ0v) is 16.1. The van der Waals surface area contributed by atoms with Crippen molar-refractivity contribution >= 4 is 5.91 Å². The zero-order valence-electron chi connectivity index (χ0n) is 16.1. The number of unbranched alkanes of at least 4 members (excludes halogenated alkanes) is 4. The van der Waals surface area contributed by atoms with Crippen LogP contribution in [0.2, 0.25) is 0 Å². The molecule has 0 radical (unpaired) electrons. The highest BCUT2D eigenvalue weighted by Gasteiger charge is 2.11. The monoisotopic (exact) mass is 344 g/mol. The van der Waals surface area contributed by atoms with Crippen LogP contribution in [-0.4, -0.2) is 37.1 Å². The molecule has 5 heteroatoms. The molecule has 0 aliphatic carbocycles. The average Bonchev–Trinajstić information content (AvgIpc) is 2.57. The number of aliphatic hydroxyl groups is 1. The molecule has 0 rings (SSSR count). The molecule has 24 heavy (non-hydrogen) atoms. The van der Waals surface area contributed by atoms with E-state index in [1.165, 1.54) is 51.4 Å². The van der Waals surface area contributed by atoms with Gasteiger partial charge in [0, 0.05) is 19.5 Å². The molecule has 0 heterocycles. The molecule has 3 N–H and O–H groups in total. The number of amides is 1. The number of carbonyl (C=O) groups is 1. The molecule has 0 aromatic heterocycles. The second-order valence-electron chi connectivity index (χ2n) is 6.60. The first kappa shape index (κ1) is 23.4. The number of hydrogen-bond acceptors (Lipinski definition) is 4. The molecule has 0 aromatic rings. The van der Waals surface area contributed by atoms with E-state index in [2.05, 4.69) is 24.5 Å². The van der Waals surface area contributed by atoms with Gasteiger partial charge in [0.15, 0.2) is 0 Å². The molecule has 0 aliphatic heterocycles. The number of hydrogen-bond donors (Lipinski definition) is 3. The van der Waals surface area contributed by atoms with Gasteiger partial charge in [-0.2, -0.15) is 0 Å². The molecule has 2 atom stereocenters. The highest BCUT2D eigenvalue weighted by atomic mass is 16.6. The minimum absolute atomic E-state index is 0.0569.